The van der Waals surface area contributed by atoms with Crippen LogP contribution in [0.3, 0.4) is 0 Å². The second-order valence-electron chi connectivity index (χ2n) is 4.33. The zero-order valence-corrected chi connectivity index (χ0v) is 10.0. The Morgan fingerprint density at radius 3 is 2.88 bits per heavy atom. The molecule has 0 saturated heterocycles. The molecule has 2 N–H and O–H groups in total. The van der Waals surface area contributed by atoms with Crippen LogP contribution in [0.15, 0.2) is 12.4 Å². The third kappa shape index (κ3) is 3.66. The fraction of sp³-hybridized carbons (Fsp3) is 0.636. The van der Waals surface area contributed by atoms with Gasteiger partial charge in [-0.25, -0.2) is 0 Å². The first-order chi connectivity index (χ1) is 7.44. The van der Waals surface area contributed by atoms with E-state index >= 15 is 0 Å². The van der Waals surface area contributed by atoms with Crippen molar-refractivity contribution in [1.29, 1.82) is 0 Å². The maximum atomic E-state index is 11.6. The summed E-state index contributed by atoms with van der Waals surface area (Å²) in [7, 11) is 1.75. The summed E-state index contributed by atoms with van der Waals surface area (Å²) in [4.78, 5) is 11.6. The molecule has 1 amide bonds. The molecule has 1 aromatic rings. The largest absolute Gasteiger partial charge is 0.388 e. The van der Waals surface area contributed by atoms with E-state index in [0.29, 0.717) is 12.0 Å². The highest BCUT2D eigenvalue weighted by molar-refractivity contribution is 5.93. The normalized spacial score (nSPS) is 14.5. The van der Waals surface area contributed by atoms with Gasteiger partial charge in [-0.15, -0.1) is 0 Å². The summed E-state index contributed by atoms with van der Waals surface area (Å²) in [5.41, 5.74) is -0.332. The standard InChI is InChI=1S/C11H19N3O2/c1-4-5-11(2,16)8-12-10(15)9-6-13-14(3)7-9/h6-7,16H,4-5,8H2,1-3H3,(H,12,15). The third-order valence-electron chi connectivity index (χ3n) is 2.39. The van der Waals surface area contributed by atoms with Crippen LogP contribution >= 0.6 is 0 Å². The molecule has 0 fully saturated rings. The monoisotopic (exact) mass is 225 g/mol. The number of nitrogens with zero attached hydrogens (tertiary/aromatic N) is 2. The quantitative estimate of drug-likeness (QED) is 0.775. The van der Waals surface area contributed by atoms with E-state index in [1.54, 1.807) is 24.9 Å². The second kappa shape index (κ2) is 5.12. The Balaban J connectivity index is 2.47. The van der Waals surface area contributed by atoms with Crippen molar-refractivity contribution in [2.45, 2.75) is 32.3 Å². The fourth-order valence-electron chi connectivity index (χ4n) is 1.54. The lowest BCUT2D eigenvalue weighted by Crippen LogP contribution is -2.40. The van der Waals surface area contributed by atoms with Gasteiger partial charge in [-0.2, -0.15) is 5.10 Å². The van der Waals surface area contributed by atoms with Gasteiger partial charge in [0.05, 0.1) is 17.4 Å². The Morgan fingerprint density at radius 1 is 1.69 bits per heavy atom. The maximum Gasteiger partial charge on any atom is 0.254 e. The number of aromatic nitrogens is 2. The smallest absolute Gasteiger partial charge is 0.254 e. The summed E-state index contributed by atoms with van der Waals surface area (Å²) in [6, 6.07) is 0. The minimum atomic E-state index is -0.841. The van der Waals surface area contributed by atoms with Crippen molar-refractivity contribution in [3.05, 3.63) is 18.0 Å². The molecule has 1 aromatic heterocycles. The van der Waals surface area contributed by atoms with Crippen molar-refractivity contribution >= 4 is 5.91 Å². The Hall–Kier alpha value is -1.36. The summed E-state index contributed by atoms with van der Waals surface area (Å²) in [5.74, 6) is -0.204. The molecule has 0 radical (unpaired) electrons. The number of aryl methyl sites for hydroxylation is 1. The molecule has 16 heavy (non-hydrogen) atoms. The first-order valence-corrected chi connectivity index (χ1v) is 5.44. The van der Waals surface area contributed by atoms with Gasteiger partial charge in [-0.3, -0.25) is 9.48 Å². The molecule has 1 heterocycles. The Morgan fingerprint density at radius 2 is 2.38 bits per heavy atom. The van der Waals surface area contributed by atoms with E-state index in [0.717, 1.165) is 6.42 Å². The molecule has 1 rings (SSSR count). The number of hydrogen-bond donors (Lipinski definition) is 2. The highest BCUT2D eigenvalue weighted by Gasteiger charge is 2.20. The average molecular weight is 225 g/mol. The maximum absolute atomic E-state index is 11.6. The van der Waals surface area contributed by atoms with Crippen LogP contribution in [0, 0.1) is 0 Å². The van der Waals surface area contributed by atoms with Crippen LogP contribution in [-0.2, 0) is 7.05 Å². The zero-order valence-electron chi connectivity index (χ0n) is 10.0. The van der Waals surface area contributed by atoms with Crippen LogP contribution in [0.1, 0.15) is 37.0 Å². The van der Waals surface area contributed by atoms with Gasteiger partial charge < -0.3 is 10.4 Å². The highest BCUT2D eigenvalue weighted by Crippen LogP contribution is 2.10. The first-order valence-electron chi connectivity index (χ1n) is 5.44. The fourth-order valence-corrected chi connectivity index (χ4v) is 1.54. The Bertz CT molecular complexity index is 358. The molecule has 0 aliphatic carbocycles. The van der Waals surface area contributed by atoms with Crippen LogP contribution in [-0.4, -0.2) is 32.9 Å². The minimum Gasteiger partial charge on any atom is -0.388 e. The number of amides is 1. The molecular weight excluding hydrogens is 206 g/mol. The summed E-state index contributed by atoms with van der Waals surface area (Å²) in [5, 5.41) is 16.5. The van der Waals surface area contributed by atoms with E-state index in [9.17, 15) is 9.90 Å². The number of nitrogens with one attached hydrogen (secondary N) is 1. The number of rotatable bonds is 5. The van der Waals surface area contributed by atoms with Gasteiger partial charge in [0.2, 0.25) is 0 Å². The first kappa shape index (κ1) is 12.7. The van der Waals surface area contributed by atoms with Crippen LogP contribution in [0.2, 0.25) is 0 Å². The van der Waals surface area contributed by atoms with E-state index in [2.05, 4.69) is 10.4 Å². The van der Waals surface area contributed by atoms with Gasteiger partial charge in [0.1, 0.15) is 0 Å². The van der Waals surface area contributed by atoms with Crippen LogP contribution in [0.5, 0.6) is 0 Å². The molecule has 5 nitrogen and oxygen atoms in total. The van der Waals surface area contributed by atoms with Gasteiger partial charge in [-0.1, -0.05) is 13.3 Å². The van der Waals surface area contributed by atoms with Crippen molar-refractivity contribution in [3.63, 3.8) is 0 Å². The van der Waals surface area contributed by atoms with E-state index in [1.807, 2.05) is 6.92 Å². The lowest BCUT2D eigenvalue weighted by molar-refractivity contribution is 0.0469. The Labute approximate surface area is 95.5 Å². The number of hydrogen-bond acceptors (Lipinski definition) is 3. The van der Waals surface area contributed by atoms with Gasteiger partial charge in [0.25, 0.3) is 5.91 Å². The van der Waals surface area contributed by atoms with Crippen molar-refractivity contribution in [2.75, 3.05) is 6.54 Å². The van der Waals surface area contributed by atoms with Crippen molar-refractivity contribution in [1.82, 2.24) is 15.1 Å². The van der Waals surface area contributed by atoms with Crippen LogP contribution in [0.25, 0.3) is 0 Å². The lowest BCUT2D eigenvalue weighted by atomic mass is 10.0. The van der Waals surface area contributed by atoms with Gasteiger partial charge >= 0.3 is 0 Å². The average Bonchev–Trinajstić information content (AvgIpc) is 2.61. The van der Waals surface area contributed by atoms with Gasteiger partial charge in [0.15, 0.2) is 0 Å². The zero-order chi connectivity index (χ0) is 12.2. The topological polar surface area (TPSA) is 67.2 Å². The number of aliphatic hydroxyl groups is 1. The molecule has 1 unspecified atom stereocenters. The van der Waals surface area contributed by atoms with E-state index in [4.69, 9.17) is 0 Å². The van der Waals surface area contributed by atoms with Crippen molar-refractivity contribution in [3.8, 4) is 0 Å². The van der Waals surface area contributed by atoms with Crippen molar-refractivity contribution < 1.29 is 9.90 Å². The predicted octanol–water partition coefficient (Wildman–Crippen LogP) is 0.701. The van der Waals surface area contributed by atoms with Gasteiger partial charge in [-0.05, 0) is 13.3 Å². The number of carbonyl (C=O) groups is 1. The third-order valence-corrected chi connectivity index (χ3v) is 2.39. The minimum absolute atomic E-state index is 0.204. The molecule has 0 aliphatic heterocycles. The predicted molar refractivity (Wildman–Crippen MR) is 61.1 cm³/mol. The SMILES string of the molecule is CCCC(C)(O)CNC(=O)c1cnn(C)c1. The molecule has 1 atom stereocenters. The summed E-state index contributed by atoms with van der Waals surface area (Å²) < 4.78 is 1.57. The van der Waals surface area contributed by atoms with E-state index in [1.165, 1.54) is 6.20 Å². The molecule has 0 saturated carbocycles. The van der Waals surface area contributed by atoms with Crippen LogP contribution < -0.4 is 5.32 Å². The van der Waals surface area contributed by atoms with Crippen LogP contribution in [0.4, 0.5) is 0 Å². The molecule has 0 spiro atoms. The number of carbonyl (C=O) groups excluding carboxylic acids is 1. The molecular formula is C11H19N3O2. The van der Waals surface area contributed by atoms with E-state index in [-0.39, 0.29) is 12.5 Å². The summed E-state index contributed by atoms with van der Waals surface area (Å²) >= 11 is 0. The highest BCUT2D eigenvalue weighted by atomic mass is 16.3. The second-order valence-corrected chi connectivity index (χ2v) is 4.33. The molecule has 0 aromatic carbocycles. The van der Waals surface area contributed by atoms with E-state index < -0.39 is 5.60 Å². The Kier molecular flexibility index (Phi) is 4.06. The lowest BCUT2D eigenvalue weighted by Gasteiger charge is -2.22. The summed E-state index contributed by atoms with van der Waals surface area (Å²) in [6.45, 7) is 3.98. The molecule has 0 bridgehead atoms. The molecule has 5 heteroatoms. The molecule has 90 valence electrons. The van der Waals surface area contributed by atoms with Crippen molar-refractivity contribution in [2.24, 2.45) is 7.05 Å². The molecule has 0 aliphatic rings. The van der Waals surface area contributed by atoms with Gasteiger partial charge in [0, 0.05) is 19.8 Å². The summed E-state index contributed by atoms with van der Waals surface area (Å²) in [6.07, 6.45) is 4.70.